The summed E-state index contributed by atoms with van der Waals surface area (Å²) in [6.45, 7) is 4.15. The molecule has 2 heterocycles. The fraction of sp³-hybridized carbons (Fsp3) is 0.333. The quantitative estimate of drug-likeness (QED) is 0.875. The summed E-state index contributed by atoms with van der Waals surface area (Å²) in [5.41, 5.74) is 1.02. The van der Waals surface area contributed by atoms with Crippen LogP contribution < -0.4 is 5.32 Å². The maximum atomic E-state index is 11.7. The maximum absolute atomic E-state index is 11.7. The molecular weight excluding hydrogens is 234 g/mol. The lowest BCUT2D eigenvalue weighted by Gasteiger charge is -1.99. The second kappa shape index (κ2) is 5.14. The lowest BCUT2D eigenvalue weighted by atomic mass is 10.1. The molecule has 2 rings (SSSR count). The van der Waals surface area contributed by atoms with E-state index in [1.54, 1.807) is 11.3 Å². The number of thiophene rings is 1. The van der Waals surface area contributed by atoms with Gasteiger partial charge in [-0.25, -0.2) is 0 Å². The standard InChI is InChI=1S/C12H15N3OS/c1-8(2)10-7-11(15-14-10)13-12(16)6-9-4-3-5-17-9/h3-5,7-8H,6H2,1-2H3,(H2,13,14,15,16). The molecule has 2 N–H and O–H groups in total. The van der Waals surface area contributed by atoms with Gasteiger partial charge in [0.2, 0.25) is 5.91 Å². The molecule has 5 heteroatoms. The van der Waals surface area contributed by atoms with Gasteiger partial charge in [0.1, 0.15) is 0 Å². The van der Waals surface area contributed by atoms with E-state index in [2.05, 4.69) is 29.4 Å². The molecule has 0 fully saturated rings. The lowest BCUT2D eigenvalue weighted by Crippen LogP contribution is -2.13. The van der Waals surface area contributed by atoms with Crippen LogP contribution in [-0.2, 0) is 11.2 Å². The van der Waals surface area contributed by atoms with Crippen LogP contribution >= 0.6 is 11.3 Å². The van der Waals surface area contributed by atoms with E-state index >= 15 is 0 Å². The average Bonchev–Trinajstić information content (AvgIpc) is 2.88. The smallest absolute Gasteiger partial charge is 0.230 e. The van der Waals surface area contributed by atoms with E-state index < -0.39 is 0 Å². The van der Waals surface area contributed by atoms with Crippen LogP contribution in [0.2, 0.25) is 0 Å². The molecule has 0 saturated carbocycles. The van der Waals surface area contributed by atoms with Crippen LogP contribution in [-0.4, -0.2) is 16.1 Å². The van der Waals surface area contributed by atoms with Crippen molar-refractivity contribution in [1.29, 1.82) is 0 Å². The van der Waals surface area contributed by atoms with Crippen molar-refractivity contribution in [3.8, 4) is 0 Å². The molecule has 0 aliphatic rings. The predicted octanol–water partition coefficient (Wildman–Crippen LogP) is 2.78. The molecule has 0 radical (unpaired) electrons. The number of amides is 1. The minimum atomic E-state index is -0.0331. The fourth-order valence-electron chi connectivity index (χ4n) is 1.45. The van der Waals surface area contributed by atoms with Gasteiger partial charge in [0.05, 0.1) is 6.42 Å². The number of nitrogens with one attached hydrogen (secondary N) is 2. The van der Waals surface area contributed by atoms with Gasteiger partial charge in [-0.05, 0) is 17.4 Å². The molecule has 0 atom stereocenters. The Hall–Kier alpha value is -1.62. The van der Waals surface area contributed by atoms with Crippen molar-refractivity contribution in [2.24, 2.45) is 0 Å². The van der Waals surface area contributed by atoms with E-state index in [1.807, 2.05) is 23.6 Å². The van der Waals surface area contributed by atoms with Gasteiger partial charge in [0, 0.05) is 16.6 Å². The number of carbonyl (C=O) groups is 1. The third kappa shape index (κ3) is 3.17. The van der Waals surface area contributed by atoms with Gasteiger partial charge < -0.3 is 5.32 Å². The van der Waals surface area contributed by atoms with Gasteiger partial charge >= 0.3 is 0 Å². The number of hydrogen-bond acceptors (Lipinski definition) is 3. The van der Waals surface area contributed by atoms with Crippen LogP contribution in [0.15, 0.2) is 23.6 Å². The summed E-state index contributed by atoms with van der Waals surface area (Å²) in [6, 6.07) is 5.77. The van der Waals surface area contributed by atoms with E-state index in [1.165, 1.54) is 0 Å². The van der Waals surface area contributed by atoms with Gasteiger partial charge in [-0.15, -0.1) is 11.3 Å². The summed E-state index contributed by atoms with van der Waals surface area (Å²) in [7, 11) is 0. The fourth-order valence-corrected chi connectivity index (χ4v) is 2.16. The Morgan fingerprint density at radius 3 is 3.00 bits per heavy atom. The van der Waals surface area contributed by atoms with Crippen LogP contribution in [0.1, 0.15) is 30.3 Å². The zero-order valence-electron chi connectivity index (χ0n) is 9.86. The molecule has 1 amide bonds. The number of carbonyl (C=O) groups excluding carboxylic acids is 1. The van der Waals surface area contributed by atoms with Crippen molar-refractivity contribution >= 4 is 23.1 Å². The van der Waals surface area contributed by atoms with E-state index in [0.717, 1.165) is 10.6 Å². The van der Waals surface area contributed by atoms with Crippen molar-refractivity contribution < 1.29 is 4.79 Å². The highest BCUT2D eigenvalue weighted by Crippen LogP contribution is 2.15. The van der Waals surface area contributed by atoms with Crippen molar-refractivity contribution in [3.63, 3.8) is 0 Å². The largest absolute Gasteiger partial charge is 0.309 e. The van der Waals surface area contributed by atoms with Crippen molar-refractivity contribution in [2.45, 2.75) is 26.2 Å². The first-order chi connectivity index (χ1) is 8.15. The molecule has 0 saturated heterocycles. The predicted molar refractivity (Wildman–Crippen MR) is 69.3 cm³/mol. The van der Waals surface area contributed by atoms with E-state index in [-0.39, 0.29) is 5.91 Å². The third-order valence-corrected chi connectivity index (χ3v) is 3.28. The summed E-state index contributed by atoms with van der Waals surface area (Å²) in [5, 5.41) is 11.7. The van der Waals surface area contributed by atoms with Gasteiger partial charge in [-0.3, -0.25) is 9.89 Å². The van der Waals surface area contributed by atoms with Gasteiger partial charge in [0.25, 0.3) is 0 Å². The summed E-state index contributed by atoms with van der Waals surface area (Å²) in [4.78, 5) is 12.8. The van der Waals surface area contributed by atoms with Crippen molar-refractivity contribution in [3.05, 3.63) is 34.2 Å². The first-order valence-corrected chi connectivity index (χ1v) is 6.40. The third-order valence-electron chi connectivity index (χ3n) is 2.40. The Bertz CT molecular complexity index is 488. The second-order valence-electron chi connectivity index (χ2n) is 4.17. The van der Waals surface area contributed by atoms with Crippen molar-refractivity contribution in [2.75, 3.05) is 5.32 Å². The number of aromatic amines is 1. The highest BCUT2D eigenvalue weighted by molar-refractivity contribution is 7.10. The Kier molecular flexibility index (Phi) is 3.58. The number of hydrogen-bond donors (Lipinski definition) is 2. The lowest BCUT2D eigenvalue weighted by molar-refractivity contribution is -0.115. The van der Waals surface area contributed by atoms with Crippen LogP contribution in [0.25, 0.3) is 0 Å². The molecule has 0 aromatic carbocycles. The molecule has 17 heavy (non-hydrogen) atoms. The SMILES string of the molecule is CC(C)c1cc(NC(=O)Cc2cccs2)n[nH]1. The normalized spacial score (nSPS) is 10.8. The first-order valence-electron chi connectivity index (χ1n) is 5.52. The Labute approximate surface area is 104 Å². The van der Waals surface area contributed by atoms with E-state index in [0.29, 0.717) is 18.2 Å². The van der Waals surface area contributed by atoms with Crippen LogP contribution in [0.4, 0.5) is 5.82 Å². The second-order valence-corrected chi connectivity index (χ2v) is 5.20. The van der Waals surface area contributed by atoms with Crippen LogP contribution in [0, 0.1) is 0 Å². The van der Waals surface area contributed by atoms with Crippen LogP contribution in [0.3, 0.4) is 0 Å². The summed E-state index contributed by atoms with van der Waals surface area (Å²) < 4.78 is 0. The average molecular weight is 249 g/mol. The topological polar surface area (TPSA) is 57.8 Å². The molecular formula is C12H15N3OS. The molecule has 4 nitrogen and oxygen atoms in total. The van der Waals surface area contributed by atoms with E-state index in [4.69, 9.17) is 0 Å². The highest BCUT2D eigenvalue weighted by atomic mass is 32.1. The summed E-state index contributed by atoms with van der Waals surface area (Å²) in [6.07, 6.45) is 0.404. The minimum absolute atomic E-state index is 0.0331. The molecule has 90 valence electrons. The number of anilines is 1. The van der Waals surface area contributed by atoms with Crippen molar-refractivity contribution in [1.82, 2.24) is 10.2 Å². The molecule has 0 bridgehead atoms. The highest BCUT2D eigenvalue weighted by Gasteiger charge is 2.08. The molecule has 2 aromatic rings. The number of nitrogens with zero attached hydrogens (tertiary/aromatic N) is 1. The maximum Gasteiger partial charge on any atom is 0.230 e. The van der Waals surface area contributed by atoms with Gasteiger partial charge in [-0.1, -0.05) is 19.9 Å². The zero-order chi connectivity index (χ0) is 12.3. The Morgan fingerprint density at radius 2 is 2.41 bits per heavy atom. The van der Waals surface area contributed by atoms with Gasteiger partial charge in [-0.2, -0.15) is 5.10 Å². The molecule has 2 aromatic heterocycles. The van der Waals surface area contributed by atoms with Gasteiger partial charge in [0.15, 0.2) is 5.82 Å². The zero-order valence-corrected chi connectivity index (χ0v) is 10.7. The van der Waals surface area contributed by atoms with Crippen LogP contribution in [0.5, 0.6) is 0 Å². The Balaban J connectivity index is 1.93. The number of rotatable bonds is 4. The van der Waals surface area contributed by atoms with E-state index in [9.17, 15) is 4.79 Å². The molecule has 0 unspecified atom stereocenters. The molecule has 0 aliphatic carbocycles. The number of aromatic nitrogens is 2. The minimum Gasteiger partial charge on any atom is -0.309 e. The summed E-state index contributed by atoms with van der Waals surface area (Å²) >= 11 is 1.58. The number of H-pyrrole nitrogens is 1. The molecule has 0 aliphatic heterocycles. The Morgan fingerprint density at radius 1 is 1.59 bits per heavy atom. The summed E-state index contributed by atoms with van der Waals surface area (Å²) in [5.74, 6) is 0.940. The molecule has 0 spiro atoms. The monoisotopic (exact) mass is 249 g/mol. The first kappa shape index (κ1) is 11.9.